The molecule has 0 spiro atoms. The summed E-state index contributed by atoms with van der Waals surface area (Å²) in [5, 5.41) is 21.2. The van der Waals surface area contributed by atoms with E-state index in [2.05, 4.69) is 4.74 Å². The number of hydrogen-bond donors (Lipinski definition) is 2. The van der Waals surface area contributed by atoms with Gasteiger partial charge in [0.1, 0.15) is 24.1 Å². The van der Waals surface area contributed by atoms with Crippen LogP contribution in [0.25, 0.3) is 0 Å². The van der Waals surface area contributed by atoms with Crippen LogP contribution in [0.15, 0.2) is 42.2 Å². The molecule has 0 unspecified atom stereocenters. The SMILES string of the molecule is COC(=O)C1=COC(=O)[C@H]2[C@@H]1[C@H](OC(=O)c1ccccc1)[C@H](O)[C@]2(C)O. The van der Waals surface area contributed by atoms with Gasteiger partial charge in [-0.1, -0.05) is 18.2 Å². The summed E-state index contributed by atoms with van der Waals surface area (Å²) in [5.41, 5.74) is -1.83. The molecule has 0 aromatic heterocycles. The molecule has 3 rings (SSSR count). The maximum absolute atomic E-state index is 12.4. The van der Waals surface area contributed by atoms with Crippen LogP contribution < -0.4 is 0 Å². The zero-order valence-electron chi connectivity index (χ0n) is 14.1. The number of cyclic esters (lactones) is 1. The van der Waals surface area contributed by atoms with Crippen LogP contribution in [-0.2, 0) is 23.8 Å². The van der Waals surface area contributed by atoms with Gasteiger partial charge >= 0.3 is 17.9 Å². The van der Waals surface area contributed by atoms with Gasteiger partial charge in [0.05, 0.1) is 30.1 Å². The summed E-state index contributed by atoms with van der Waals surface area (Å²) in [6.07, 6.45) is -2.03. The van der Waals surface area contributed by atoms with Crippen LogP contribution in [0, 0.1) is 11.8 Å². The van der Waals surface area contributed by atoms with Gasteiger partial charge in [-0.05, 0) is 19.1 Å². The van der Waals surface area contributed by atoms with Crippen LogP contribution in [0.3, 0.4) is 0 Å². The van der Waals surface area contributed by atoms with E-state index >= 15 is 0 Å². The molecule has 0 bridgehead atoms. The van der Waals surface area contributed by atoms with Crippen molar-refractivity contribution in [2.75, 3.05) is 7.11 Å². The lowest BCUT2D eigenvalue weighted by atomic mass is 9.81. The van der Waals surface area contributed by atoms with E-state index in [0.717, 1.165) is 13.4 Å². The zero-order valence-corrected chi connectivity index (χ0v) is 14.1. The highest BCUT2D eigenvalue weighted by molar-refractivity contribution is 5.93. The summed E-state index contributed by atoms with van der Waals surface area (Å²) in [6.45, 7) is 1.23. The van der Waals surface area contributed by atoms with Crippen molar-refractivity contribution in [2.24, 2.45) is 11.8 Å². The molecule has 5 atom stereocenters. The first kappa shape index (κ1) is 18.1. The highest BCUT2D eigenvalue weighted by atomic mass is 16.6. The number of aliphatic hydroxyl groups excluding tert-OH is 1. The Hall–Kier alpha value is -2.71. The quantitative estimate of drug-likeness (QED) is 0.577. The maximum Gasteiger partial charge on any atom is 0.338 e. The Balaban J connectivity index is 1.98. The largest absolute Gasteiger partial charge is 0.466 e. The second-order valence-corrected chi connectivity index (χ2v) is 6.41. The predicted octanol–water partition coefficient (Wildman–Crippen LogP) is 0.184. The average Bonchev–Trinajstić information content (AvgIpc) is 2.83. The number of rotatable bonds is 3. The van der Waals surface area contributed by atoms with Gasteiger partial charge in [0.15, 0.2) is 0 Å². The van der Waals surface area contributed by atoms with Crippen molar-refractivity contribution in [3.05, 3.63) is 47.7 Å². The Labute approximate surface area is 149 Å². The Morgan fingerprint density at radius 2 is 1.85 bits per heavy atom. The highest BCUT2D eigenvalue weighted by Gasteiger charge is 2.65. The van der Waals surface area contributed by atoms with Crippen molar-refractivity contribution in [1.29, 1.82) is 0 Å². The summed E-state index contributed by atoms with van der Waals surface area (Å²) in [5.74, 6) is -4.77. The third kappa shape index (κ3) is 2.77. The molecule has 0 amide bonds. The number of esters is 3. The summed E-state index contributed by atoms with van der Waals surface area (Å²) in [6, 6.07) is 8.03. The van der Waals surface area contributed by atoms with Gasteiger partial charge < -0.3 is 24.4 Å². The lowest BCUT2D eigenvalue weighted by Crippen LogP contribution is -2.46. The molecule has 26 heavy (non-hydrogen) atoms. The van der Waals surface area contributed by atoms with E-state index < -0.39 is 47.6 Å². The van der Waals surface area contributed by atoms with E-state index in [1.165, 1.54) is 19.1 Å². The van der Waals surface area contributed by atoms with Crippen molar-refractivity contribution in [3.63, 3.8) is 0 Å². The van der Waals surface area contributed by atoms with Crippen LogP contribution in [0.1, 0.15) is 17.3 Å². The monoisotopic (exact) mass is 362 g/mol. The number of fused-ring (bicyclic) bond motifs is 1. The van der Waals surface area contributed by atoms with E-state index in [1.54, 1.807) is 18.2 Å². The molecule has 2 aliphatic rings. The average molecular weight is 362 g/mol. The smallest absolute Gasteiger partial charge is 0.338 e. The van der Waals surface area contributed by atoms with Gasteiger partial charge in [0.2, 0.25) is 0 Å². The summed E-state index contributed by atoms with van der Waals surface area (Å²) in [7, 11) is 1.14. The van der Waals surface area contributed by atoms with Crippen molar-refractivity contribution >= 4 is 17.9 Å². The van der Waals surface area contributed by atoms with E-state index in [-0.39, 0.29) is 11.1 Å². The van der Waals surface area contributed by atoms with Crippen LogP contribution in [-0.4, -0.2) is 53.0 Å². The standard InChI is InChI=1S/C18H18O8/c1-18(23)12-11(10(16(21)24-2)8-25-17(12)22)13(14(18)19)26-15(20)9-6-4-3-5-7-9/h3-8,11-14,19,23H,1-2H3/t11-,12-,13+,14+,18-/m1/s1. The van der Waals surface area contributed by atoms with Crippen LogP contribution >= 0.6 is 0 Å². The minimum atomic E-state index is -1.96. The second kappa shape index (κ2) is 6.54. The highest BCUT2D eigenvalue weighted by Crippen LogP contribution is 2.48. The van der Waals surface area contributed by atoms with Gasteiger partial charge in [-0.15, -0.1) is 0 Å². The maximum atomic E-state index is 12.4. The number of aliphatic hydroxyl groups is 2. The molecule has 0 saturated heterocycles. The number of benzene rings is 1. The Bertz CT molecular complexity index is 767. The molecule has 8 nitrogen and oxygen atoms in total. The third-order valence-corrected chi connectivity index (χ3v) is 4.84. The molecule has 138 valence electrons. The molecule has 0 radical (unpaired) electrons. The second-order valence-electron chi connectivity index (χ2n) is 6.41. The number of ether oxygens (including phenoxy) is 3. The summed E-state index contributed by atoms with van der Waals surface area (Å²) in [4.78, 5) is 36.6. The lowest BCUT2D eigenvalue weighted by molar-refractivity contribution is -0.158. The minimum absolute atomic E-state index is 0.0974. The van der Waals surface area contributed by atoms with Gasteiger partial charge in [0, 0.05) is 0 Å². The van der Waals surface area contributed by atoms with Crippen molar-refractivity contribution in [2.45, 2.75) is 24.7 Å². The van der Waals surface area contributed by atoms with E-state index in [0.29, 0.717) is 0 Å². The molecule has 8 heteroatoms. The van der Waals surface area contributed by atoms with Crippen LogP contribution in [0.4, 0.5) is 0 Å². The molecule has 1 saturated carbocycles. The summed E-state index contributed by atoms with van der Waals surface area (Å²) >= 11 is 0. The lowest BCUT2D eigenvalue weighted by Gasteiger charge is -2.30. The molecule has 1 aromatic rings. The van der Waals surface area contributed by atoms with E-state index in [4.69, 9.17) is 9.47 Å². The number of hydrogen-bond acceptors (Lipinski definition) is 8. The first-order valence-electron chi connectivity index (χ1n) is 7.94. The Morgan fingerprint density at radius 1 is 1.19 bits per heavy atom. The predicted molar refractivity (Wildman–Crippen MR) is 85.4 cm³/mol. The molecule has 1 fully saturated rings. The van der Waals surface area contributed by atoms with E-state index in [1.807, 2.05) is 0 Å². The minimum Gasteiger partial charge on any atom is -0.466 e. The third-order valence-electron chi connectivity index (χ3n) is 4.84. The normalized spacial score (nSPS) is 32.9. The Morgan fingerprint density at radius 3 is 2.46 bits per heavy atom. The van der Waals surface area contributed by atoms with Crippen molar-refractivity contribution < 1.29 is 38.8 Å². The number of carbonyl (C=O) groups is 3. The van der Waals surface area contributed by atoms with Crippen LogP contribution in [0.5, 0.6) is 0 Å². The fourth-order valence-corrected chi connectivity index (χ4v) is 3.49. The number of methoxy groups -OCH3 is 1. The molecular weight excluding hydrogens is 344 g/mol. The molecule has 1 aromatic carbocycles. The van der Waals surface area contributed by atoms with Gasteiger partial charge in [-0.3, -0.25) is 4.79 Å². The number of carbonyl (C=O) groups excluding carboxylic acids is 3. The zero-order chi connectivity index (χ0) is 19.1. The van der Waals surface area contributed by atoms with E-state index in [9.17, 15) is 24.6 Å². The van der Waals surface area contributed by atoms with Gasteiger partial charge in [0.25, 0.3) is 0 Å². The first-order chi connectivity index (χ1) is 12.3. The van der Waals surface area contributed by atoms with Crippen molar-refractivity contribution in [3.8, 4) is 0 Å². The first-order valence-corrected chi connectivity index (χ1v) is 7.94. The topological polar surface area (TPSA) is 119 Å². The van der Waals surface area contributed by atoms with Gasteiger partial charge in [-0.25, -0.2) is 9.59 Å². The summed E-state index contributed by atoms with van der Waals surface area (Å²) < 4.78 is 14.9. The molecular formula is C18H18O8. The fraction of sp³-hybridized carbons (Fsp3) is 0.389. The molecule has 1 aliphatic carbocycles. The van der Waals surface area contributed by atoms with Crippen LogP contribution in [0.2, 0.25) is 0 Å². The molecule has 1 aliphatic heterocycles. The molecule has 2 N–H and O–H groups in total. The van der Waals surface area contributed by atoms with Crippen molar-refractivity contribution in [1.82, 2.24) is 0 Å². The fourth-order valence-electron chi connectivity index (χ4n) is 3.49. The van der Waals surface area contributed by atoms with Gasteiger partial charge in [-0.2, -0.15) is 0 Å². The Kier molecular flexibility index (Phi) is 4.55. The molecule has 1 heterocycles.